The van der Waals surface area contributed by atoms with Crippen LogP contribution in [0.4, 0.5) is 0 Å². The van der Waals surface area contributed by atoms with Crippen molar-refractivity contribution >= 4 is 5.97 Å². The first-order chi connectivity index (χ1) is 14.2. The predicted octanol–water partition coefficient (Wildman–Crippen LogP) is 3.85. The van der Waals surface area contributed by atoms with Crippen LogP contribution in [0.2, 0.25) is 0 Å². The summed E-state index contributed by atoms with van der Waals surface area (Å²) in [5.41, 5.74) is 2.74. The van der Waals surface area contributed by atoms with Crippen LogP contribution in [-0.4, -0.2) is 32.0 Å². The summed E-state index contributed by atoms with van der Waals surface area (Å²) >= 11 is 0. The van der Waals surface area contributed by atoms with Crippen molar-refractivity contribution < 1.29 is 28.5 Å². The lowest BCUT2D eigenvalue weighted by Crippen LogP contribution is -2.08. The number of rotatable bonds is 6. The summed E-state index contributed by atoms with van der Waals surface area (Å²) in [6.07, 6.45) is 1.65. The van der Waals surface area contributed by atoms with Crippen molar-refractivity contribution in [3.05, 3.63) is 65.9 Å². The Balaban J connectivity index is 1.59. The Hall–Kier alpha value is -3.74. The minimum Gasteiger partial charge on any atom is -0.497 e. The molecule has 7 nitrogen and oxygen atoms in total. The molecule has 0 fully saturated rings. The molecule has 1 aliphatic heterocycles. The van der Waals surface area contributed by atoms with Gasteiger partial charge in [-0.05, 0) is 41.5 Å². The van der Waals surface area contributed by atoms with Gasteiger partial charge in [-0.2, -0.15) is 0 Å². The number of benzene rings is 2. The number of hydrogen-bond acceptors (Lipinski definition) is 7. The Labute approximate surface area is 167 Å². The Morgan fingerprint density at radius 1 is 1.00 bits per heavy atom. The largest absolute Gasteiger partial charge is 0.497 e. The van der Waals surface area contributed by atoms with Gasteiger partial charge in [-0.1, -0.05) is 18.2 Å². The number of aromatic nitrogens is 1. The molecule has 2 heterocycles. The van der Waals surface area contributed by atoms with Crippen molar-refractivity contribution in [1.82, 2.24) is 4.98 Å². The van der Waals surface area contributed by atoms with Crippen LogP contribution in [0.25, 0.3) is 11.1 Å². The molecule has 1 aliphatic rings. The number of pyridine rings is 1. The average Bonchev–Trinajstić information content (AvgIpc) is 3.25. The number of nitrogens with zero attached hydrogens (tertiary/aromatic N) is 1. The van der Waals surface area contributed by atoms with Crippen LogP contribution < -0.4 is 18.9 Å². The molecule has 7 heteroatoms. The van der Waals surface area contributed by atoms with E-state index in [0.29, 0.717) is 11.5 Å². The Kier molecular flexibility index (Phi) is 5.20. The number of carbonyl (C=O) groups is 1. The molecule has 1 aromatic heterocycles. The molecule has 4 rings (SSSR count). The highest BCUT2D eigenvalue weighted by Crippen LogP contribution is 2.36. The molecule has 0 atom stereocenters. The van der Waals surface area contributed by atoms with Crippen LogP contribution >= 0.6 is 0 Å². The summed E-state index contributed by atoms with van der Waals surface area (Å²) in [7, 11) is 2.93. The van der Waals surface area contributed by atoms with E-state index in [4.69, 9.17) is 23.7 Å². The van der Waals surface area contributed by atoms with Gasteiger partial charge >= 0.3 is 5.97 Å². The number of methoxy groups -OCH3 is 2. The molecule has 0 amide bonds. The van der Waals surface area contributed by atoms with Gasteiger partial charge in [0.05, 0.1) is 14.2 Å². The van der Waals surface area contributed by atoms with Gasteiger partial charge in [0, 0.05) is 11.8 Å². The summed E-state index contributed by atoms with van der Waals surface area (Å²) in [4.78, 5) is 16.6. The molecule has 3 aromatic rings. The van der Waals surface area contributed by atoms with Crippen LogP contribution in [-0.2, 0) is 11.3 Å². The van der Waals surface area contributed by atoms with Crippen LogP contribution in [0.15, 0.2) is 54.7 Å². The maximum atomic E-state index is 12.3. The molecule has 148 valence electrons. The molecular weight excluding hydrogens is 374 g/mol. The number of ether oxygens (including phenoxy) is 5. The maximum absolute atomic E-state index is 12.3. The Morgan fingerprint density at radius 2 is 1.79 bits per heavy atom. The van der Waals surface area contributed by atoms with Crippen molar-refractivity contribution in [2.75, 3.05) is 21.0 Å². The van der Waals surface area contributed by atoms with E-state index in [1.807, 2.05) is 42.5 Å². The quantitative estimate of drug-likeness (QED) is 0.589. The molecule has 0 bridgehead atoms. The van der Waals surface area contributed by atoms with E-state index >= 15 is 0 Å². The number of fused-ring (bicyclic) bond motifs is 1. The van der Waals surface area contributed by atoms with E-state index in [1.165, 1.54) is 7.11 Å². The first-order valence-corrected chi connectivity index (χ1v) is 8.92. The Morgan fingerprint density at radius 3 is 2.55 bits per heavy atom. The lowest BCUT2D eigenvalue weighted by atomic mass is 10.1. The zero-order valence-electron chi connectivity index (χ0n) is 16.0. The van der Waals surface area contributed by atoms with Crippen LogP contribution in [0, 0.1) is 0 Å². The molecule has 0 saturated carbocycles. The maximum Gasteiger partial charge on any atom is 0.343 e. The molecule has 0 unspecified atom stereocenters. The van der Waals surface area contributed by atoms with Gasteiger partial charge in [0.1, 0.15) is 17.9 Å². The summed E-state index contributed by atoms with van der Waals surface area (Å²) in [5, 5.41) is 0. The smallest absolute Gasteiger partial charge is 0.343 e. The van der Waals surface area contributed by atoms with Crippen molar-refractivity contribution in [2.45, 2.75) is 6.61 Å². The minimum absolute atomic E-state index is 0.197. The van der Waals surface area contributed by atoms with Gasteiger partial charge in [0.2, 0.25) is 12.7 Å². The monoisotopic (exact) mass is 393 g/mol. The second-order valence-electron chi connectivity index (χ2n) is 6.27. The SMILES string of the molecule is COC(=O)c1cc(-c2ccc3c(c2)OCO3)cnc1OCc1ccc(OC)cc1. The first-order valence-electron chi connectivity index (χ1n) is 8.92. The molecule has 0 spiro atoms. The van der Waals surface area contributed by atoms with Crippen molar-refractivity contribution in [1.29, 1.82) is 0 Å². The fourth-order valence-electron chi connectivity index (χ4n) is 2.93. The van der Waals surface area contributed by atoms with Crippen molar-refractivity contribution in [3.8, 4) is 34.3 Å². The van der Waals surface area contributed by atoms with Gasteiger partial charge in [0.15, 0.2) is 11.5 Å². The second kappa shape index (κ2) is 8.10. The van der Waals surface area contributed by atoms with E-state index < -0.39 is 5.97 Å². The van der Waals surface area contributed by atoms with Crippen LogP contribution in [0.3, 0.4) is 0 Å². The van der Waals surface area contributed by atoms with E-state index in [-0.39, 0.29) is 24.8 Å². The minimum atomic E-state index is -0.523. The molecule has 0 aliphatic carbocycles. The third-order valence-electron chi connectivity index (χ3n) is 4.50. The van der Waals surface area contributed by atoms with Gasteiger partial charge in [-0.25, -0.2) is 9.78 Å². The highest BCUT2D eigenvalue weighted by molar-refractivity contribution is 5.93. The third-order valence-corrected chi connectivity index (χ3v) is 4.50. The predicted molar refractivity (Wildman–Crippen MR) is 104 cm³/mol. The van der Waals surface area contributed by atoms with Gasteiger partial charge in [-0.15, -0.1) is 0 Å². The van der Waals surface area contributed by atoms with Crippen molar-refractivity contribution in [3.63, 3.8) is 0 Å². The van der Waals surface area contributed by atoms with E-state index in [0.717, 1.165) is 22.4 Å². The Bertz CT molecular complexity index is 1030. The highest BCUT2D eigenvalue weighted by Gasteiger charge is 2.19. The topological polar surface area (TPSA) is 76.1 Å². The number of hydrogen-bond donors (Lipinski definition) is 0. The molecular formula is C22H19NO6. The number of esters is 1. The summed E-state index contributed by atoms with van der Waals surface area (Å²) in [6, 6.07) is 14.7. The lowest BCUT2D eigenvalue weighted by Gasteiger charge is -2.12. The van der Waals surface area contributed by atoms with Crippen LogP contribution in [0.1, 0.15) is 15.9 Å². The second-order valence-corrected chi connectivity index (χ2v) is 6.27. The molecule has 0 N–H and O–H groups in total. The van der Waals surface area contributed by atoms with Gasteiger partial charge < -0.3 is 23.7 Å². The van der Waals surface area contributed by atoms with E-state index in [1.54, 1.807) is 19.4 Å². The third kappa shape index (κ3) is 3.94. The normalized spacial score (nSPS) is 11.8. The summed E-state index contributed by atoms with van der Waals surface area (Å²) in [6.45, 7) is 0.451. The summed E-state index contributed by atoms with van der Waals surface area (Å²) < 4.78 is 26.6. The lowest BCUT2D eigenvalue weighted by molar-refractivity contribution is 0.0594. The zero-order chi connectivity index (χ0) is 20.2. The highest BCUT2D eigenvalue weighted by atomic mass is 16.7. The van der Waals surface area contributed by atoms with E-state index in [2.05, 4.69) is 4.98 Å². The standard InChI is InChI=1S/C22H19NO6/c1-25-17-6-3-14(4-7-17)12-27-21-18(22(24)26-2)9-16(11-23-21)15-5-8-19-20(10-15)29-13-28-19/h3-11H,12-13H2,1-2H3. The fourth-order valence-corrected chi connectivity index (χ4v) is 2.93. The molecule has 2 aromatic carbocycles. The average molecular weight is 393 g/mol. The molecule has 29 heavy (non-hydrogen) atoms. The van der Waals surface area contributed by atoms with Crippen LogP contribution in [0.5, 0.6) is 23.1 Å². The first kappa shape index (κ1) is 18.6. The van der Waals surface area contributed by atoms with Crippen molar-refractivity contribution in [2.24, 2.45) is 0 Å². The molecule has 0 saturated heterocycles. The molecule has 0 radical (unpaired) electrons. The fraction of sp³-hybridized carbons (Fsp3) is 0.182. The number of carbonyl (C=O) groups excluding carboxylic acids is 1. The van der Waals surface area contributed by atoms with E-state index in [9.17, 15) is 4.79 Å². The summed E-state index contributed by atoms with van der Waals surface area (Å²) in [5.74, 6) is 1.79. The van der Waals surface area contributed by atoms with Gasteiger partial charge in [-0.3, -0.25) is 0 Å². The van der Waals surface area contributed by atoms with Gasteiger partial charge in [0.25, 0.3) is 0 Å². The zero-order valence-corrected chi connectivity index (χ0v) is 16.0.